The Bertz CT molecular complexity index is 448. The number of aliphatic hydroxyl groups is 1. The van der Waals surface area contributed by atoms with E-state index >= 15 is 0 Å². The quantitative estimate of drug-likeness (QED) is 0.920. The van der Waals surface area contributed by atoms with Gasteiger partial charge in [0.1, 0.15) is 0 Å². The summed E-state index contributed by atoms with van der Waals surface area (Å²) >= 11 is 0. The standard InChI is InChI=1S/C16H22F3NO/c1-2-9-20-10-7-15(21,8-11-20)12-13-3-5-14(6-4-13)16(17,18)19/h3-6,21H,2,7-12H2,1H3. The van der Waals surface area contributed by atoms with Crippen molar-refractivity contribution in [2.24, 2.45) is 0 Å². The Kier molecular flexibility index (Phi) is 4.94. The lowest BCUT2D eigenvalue weighted by Gasteiger charge is -2.38. The SMILES string of the molecule is CCCN1CCC(O)(Cc2ccc(C(F)(F)F)cc2)CC1. The molecule has 1 N–H and O–H groups in total. The number of benzene rings is 1. The van der Waals surface area contributed by atoms with E-state index in [2.05, 4.69) is 11.8 Å². The van der Waals surface area contributed by atoms with E-state index in [1.807, 2.05) is 0 Å². The van der Waals surface area contributed by atoms with E-state index in [0.717, 1.165) is 43.8 Å². The molecule has 1 aromatic carbocycles. The zero-order valence-corrected chi connectivity index (χ0v) is 12.3. The van der Waals surface area contributed by atoms with Crippen molar-refractivity contribution in [1.82, 2.24) is 4.90 Å². The van der Waals surface area contributed by atoms with Crippen LogP contribution in [0.3, 0.4) is 0 Å². The zero-order valence-electron chi connectivity index (χ0n) is 12.3. The number of piperidine rings is 1. The molecule has 2 nitrogen and oxygen atoms in total. The average Bonchev–Trinajstić information content (AvgIpc) is 2.41. The van der Waals surface area contributed by atoms with Crippen LogP contribution in [0.2, 0.25) is 0 Å². The first-order chi connectivity index (χ1) is 9.82. The highest BCUT2D eigenvalue weighted by molar-refractivity contribution is 5.25. The van der Waals surface area contributed by atoms with E-state index in [4.69, 9.17) is 0 Å². The molecule has 1 fully saturated rings. The van der Waals surface area contributed by atoms with Crippen molar-refractivity contribution in [3.8, 4) is 0 Å². The Balaban J connectivity index is 1.95. The van der Waals surface area contributed by atoms with Crippen LogP contribution in [0.5, 0.6) is 0 Å². The summed E-state index contributed by atoms with van der Waals surface area (Å²) in [5, 5.41) is 10.6. The molecule has 1 heterocycles. The average molecular weight is 301 g/mol. The molecule has 0 bridgehead atoms. The fraction of sp³-hybridized carbons (Fsp3) is 0.625. The van der Waals surface area contributed by atoms with E-state index < -0.39 is 17.3 Å². The number of halogens is 3. The molecule has 21 heavy (non-hydrogen) atoms. The van der Waals surface area contributed by atoms with Crippen molar-refractivity contribution in [1.29, 1.82) is 0 Å². The number of hydrogen-bond donors (Lipinski definition) is 1. The third kappa shape index (κ3) is 4.45. The predicted octanol–water partition coefficient (Wildman–Crippen LogP) is 3.48. The first kappa shape index (κ1) is 16.3. The fourth-order valence-corrected chi connectivity index (χ4v) is 2.88. The van der Waals surface area contributed by atoms with Gasteiger partial charge in [-0.1, -0.05) is 19.1 Å². The maximum atomic E-state index is 12.5. The van der Waals surface area contributed by atoms with Crippen LogP contribution in [0.25, 0.3) is 0 Å². The van der Waals surface area contributed by atoms with Gasteiger partial charge in [-0.15, -0.1) is 0 Å². The van der Waals surface area contributed by atoms with E-state index in [1.165, 1.54) is 12.1 Å². The smallest absolute Gasteiger partial charge is 0.389 e. The summed E-state index contributed by atoms with van der Waals surface area (Å²) in [6.07, 6.45) is -1.44. The first-order valence-electron chi connectivity index (χ1n) is 7.43. The van der Waals surface area contributed by atoms with Gasteiger partial charge in [-0.3, -0.25) is 0 Å². The first-order valence-corrected chi connectivity index (χ1v) is 7.43. The summed E-state index contributed by atoms with van der Waals surface area (Å²) in [6.45, 7) is 4.87. The van der Waals surface area contributed by atoms with Crippen molar-refractivity contribution in [2.45, 2.75) is 44.4 Å². The lowest BCUT2D eigenvalue weighted by atomic mass is 9.85. The zero-order chi connectivity index (χ0) is 15.5. The topological polar surface area (TPSA) is 23.5 Å². The van der Waals surface area contributed by atoms with E-state index in [9.17, 15) is 18.3 Å². The van der Waals surface area contributed by atoms with Gasteiger partial charge >= 0.3 is 6.18 Å². The minimum atomic E-state index is -4.30. The van der Waals surface area contributed by atoms with Crippen LogP contribution in [0.15, 0.2) is 24.3 Å². The number of alkyl halides is 3. The normalized spacial score (nSPS) is 19.7. The van der Waals surface area contributed by atoms with E-state index in [0.29, 0.717) is 19.3 Å². The lowest BCUT2D eigenvalue weighted by molar-refractivity contribution is -0.137. The van der Waals surface area contributed by atoms with Crippen molar-refractivity contribution in [2.75, 3.05) is 19.6 Å². The molecule has 1 aliphatic heterocycles. The number of nitrogens with zero attached hydrogens (tertiary/aromatic N) is 1. The molecule has 1 aliphatic rings. The van der Waals surface area contributed by atoms with Crippen LogP contribution in [-0.2, 0) is 12.6 Å². The fourth-order valence-electron chi connectivity index (χ4n) is 2.88. The second-order valence-corrected chi connectivity index (χ2v) is 5.94. The number of likely N-dealkylation sites (tertiary alicyclic amines) is 1. The molecule has 0 aliphatic carbocycles. The lowest BCUT2D eigenvalue weighted by Crippen LogP contribution is -2.45. The Morgan fingerprint density at radius 2 is 1.71 bits per heavy atom. The van der Waals surface area contributed by atoms with Crippen LogP contribution >= 0.6 is 0 Å². The van der Waals surface area contributed by atoms with Crippen molar-refractivity contribution in [3.05, 3.63) is 35.4 Å². The number of hydrogen-bond acceptors (Lipinski definition) is 2. The Hall–Kier alpha value is -1.07. The minimum absolute atomic E-state index is 0.422. The predicted molar refractivity (Wildman–Crippen MR) is 76.1 cm³/mol. The highest BCUT2D eigenvalue weighted by Crippen LogP contribution is 2.31. The molecular weight excluding hydrogens is 279 g/mol. The molecule has 0 atom stereocenters. The molecule has 0 radical (unpaired) electrons. The second-order valence-electron chi connectivity index (χ2n) is 5.94. The second kappa shape index (κ2) is 6.36. The van der Waals surface area contributed by atoms with Crippen molar-refractivity contribution >= 4 is 0 Å². The van der Waals surface area contributed by atoms with Gasteiger partial charge in [0.05, 0.1) is 11.2 Å². The van der Waals surface area contributed by atoms with Gasteiger partial charge in [0, 0.05) is 19.5 Å². The molecule has 1 aromatic rings. The van der Waals surface area contributed by atoms with E-state index in [1.54, 1.807) is 0 Å². The van der Waals surface area contributed by atoms with Gasteiger partial charge in [-0.2, -0.15) is 13.2 Å². The van der Waals surface area contributed by atoms with Crippen LogP contribution < -0.4 is 0 Å². The largest absolute Gasteiger partial charge is 0.416 e. The Labute approximate surface area is 123 Å². The summed E-state index contributed by atoms with van der Waals surface area (Å²) in [6, 6.07) is 5.12. The Morgan fingerprint density at radius 3 is 2.19 bits per heavy atom. The summed E-state index contributed by atoms with van der Waals surface area (Å²) in [5.41, 5.74) is -0.672. The molecular formula is C16H22F3NO. The molecule has 0 spiro atoms. The molecule has 2 rings (SSSR count). The highest BCUT2D eigenvalue weighted by Gasteiger charge is 2.33. The summed E-state index contributed by atoms with van der Waals surface area (Å²) in [4.78, 5) is 2.32. The summed E-state index contributed by atoms with van der Waals surface area (Å²) in [7, 11) is 0. The molecule has 0 amide bonds. The van der Waals surface area contributed by atoms with E-state index in [-0.39, 0.29) is 0 Å². The molecule has 0 unspecified atom stereocenters. The summed E-state index contributed by atoms with van der Waals surface area (Å²) in [5.74, 6) is 0. The molecule has 118 valence electrons. The molecule has 1 saturated heterocycles. The molecule has 0 aromatic heterocycles. The summed E-state index contributed by atoms with van der Waals surface area (Å²) < 4.78 is 37.5. The monoisotopic (exact) mass is 301 g/mol. The van der Waals surface area contributed by atoms with Gasteiger partial charge in [0.2, 0.25) is 0 Å². The van der Waals surface area contributed by atoms with Crippen LogP contribution in [0.4, 0.5) is 13.2 Å². The van der Waals surface area contributed by atoms with Gasteiger partial charge in [0.25, 0.3) is 0 Å². The minimum Gasteiger partial charge on any atom is -0.389 e. The Morgan fingerprint density at radius 1 is 1.14 bits per heavy atom. The molecule has 0 saturated carbocycles. The number of rotatable bonds is 4. The van der Waals surface area contributed by atoms with Crippen molar-refractivity contribution < 1.29 is 18.3 Å². The third-order valence-electron chi connectivity index (χ3n) is 4.14. The van der Waals surface area contributed by atoms with Crippen molar-refractivity contribution in [3.63, 3.8) is 0 Å². The van der Waals surface area contributed by atoms with Gasteiger partial charge in [-0.05, 0) is 43.5 Å². The van der Waals surface area contributed by atoms with Crippen LogP contribution in [0.1, 0.15) is 37.3 Å². The highest BCUT2D eigenvalue weighted by atomic mass is 19.4. The molecule has 5 heteroatoms. The maximum absolute atomic E-state index is 12.5. The van der Waals surface area contributed by atoms with Gasteiger partial charge in [0.15, 0.2) is 0 Å². The van der Waals surface area contributed by atoms with Gasteiger partial charge < -0.3 is 10.0 Å². The van der Waals surface area contributed by atoms with Crippen LogP contribution in [0, 0.1) is 0 Å². The maximum Gasteiger partial charge on any atom is 0.416 e. The third-order valence-corrected chi connectivity index (χ3v) is 4.14. The van der Waals surface area contributed by atoms with Crippen LogP contribution in [-0.4, -0.2) is 35.2 Å². The van der Waals surface area contributed by atoms with Gasteiger partial charge in [-0.25, -0.2) is 0 Å².